The van der Waals surface area contributed by atoms with E-state index in [-0.39, 0.29) is 18.1 Å². The number of carbonyl (C=O) groups is 2. The quantitative estimate of drug-likeness (QED) is 0.204. The summed E-state index contributed by atoms with van der Waals surface area (Å²) in [4.78, 5) is 29.5. The summed E-state index contributed by atoms with van der Waals surface area (Å²) in [6, 6.07) is 44.0. The first-order valence-electron chi connectivity index (χ1n) is 13.0. The minimum absolute atomic E-state index is 0.0336. The second-order valence-electron chi connectivity index (χ2n) is 9.58. The van der Waals surface area contributed by atoms with Crippen molar-refractivity contribution in [1.29, 1.82) is 0 Å². The van der Waals surface area contributed by atoms with Gasteiger partial charge in [-0.05, 0) is 29.3 Å². The molecule has 190 valence electrons. The predicted molar refractivity (Wildman–Crippen MR) is 154 cm³/mol. The first-order valence-corrected chi connectivity index (χ1v) is 13.0. The molecule has 0 radical (unpaired) electrons. The smallest absolute Gasteiger partial charge is 0.205 e. The molecule has 0 saturated carbocycles. The highest BCUT2D eigenvalue weighted by atomic mass is 16.5. The Morgan fingerprint density at radius 3 is 1.85 bits per heavy atom. The van der Waals surface area contributed by atoms with Gasteiger partial charge in [-0.1, -0.05) is 121 Å². The van der Waals surface area contributed by atoms with E-state index in [0.29, 0.717) is 16.9 Å². The van der Waals surface area contributed by atoms with E-state index in [4.69, 9.17) is 4.74 Å². The van der Waals surface area contributed by atoms with Crippen molar-refractivity contribution in [1.82, 2.24) is 0 Å². The lowest BCUT2D eigenvalue weighted by atomic mass is 9.94. The fourth-order valence-corrected chi connectivity index (χ4v) is 5.19. The van der Waals surface area contributed by atoms with E-state index in [9.17, 15) is 9.59 Å². The molecule has 4 heteroatoms. The summed E-state index contributed by atoms with van der Waals surface area (Å²) in [5.74, 6) is 0.517. The minimum Gasteiger partial charge on any atom is -0.479 e. The van der Waals surface area contributed by atoms with Crippen molar-refractivity contribution in [2.45, 2.75) is 12.1 Å². The number of hydrogen-bond donors (Lipinski definition) is 0. The van der Waals surface area contributed by atoms with E-state index in [0.717, 1.165) is 22.4 Å². The van der Waals surface area contributed by atoms with Gasteiger partial charge < -0.3 is 9.64 Å². The van der Waals surface area contributed by atoms with Gasteiger partial charge in [0.05, 0.1) is 6.54 Å². The molecular weight excluding hydrogens is 482 g/mol. The molecule has 5 aromatic rings. The van der Waals surface area contributed by atoms with Crippen LogP contribution < -0.4 is 9.64 Å². The highest BCUT2D eigenvalue weighted by molar-refractivity contribution is 6.02. The number of fused-ring (bicyclic) bond motifs is 1. The van der Waals surface area contributed by atoms with Crippen molar-refractivity contribution in [3.05, 3.63) is 156 Å². The van der Waals surface area contributed by atoms with Gasteiger partial charge in [0.2, 0.25) is 5.78 Å². The van der Waals surface area contributed by atoms with Crippen molar-refractivity contribution < 1.29 is 14.3 Å². The van der Waals surface area contributed by atoms with Crippen LogP contribution in [0.1, 0.15) is 32.3 Å². The molecule has 1 aliphatic heterocycles. The Morgan fingerprint density at radius 1 is 0.590 bits per heavy atom. The van der Waals surface area contributed by atoms with Crippen LogP contribution in [-0.4, -0.2) is 24.2 Å². The molecule has 0 amide bonds. The molecule has 0 aromatic heterocycles. The monoisotopic (exact) mass is 509 g/mol. The van der Waals surface area contributed by atoms with Crippen LogP contribution in [0.15, 0.2) is 140 Å². The van der Waals surface area contributed by atoms with Crippen LogP contribution in [0.3, 0.4) is 0 Å². The zero-order chi connectivity index (χ0) is 26.6. The Bertz CT molecular complexity index is 1580. The number of para-hydroxylation sites is 2. The lowest BCUT2D eigenvalue weighted by Gasteiger charge is -2.33. The number of rotatable bonds is 8. The van der Waals surface area contributed by atoms with Crippen molar-refractivity contribution in [3.63, 3.8) is 0 Å². The number of Topliss-reactive ketones (excluding diaryl/α,β-unsaturated/α-hetero) is 2. The van der Waals surface area contributed by atoms with Crippen LogP contribution in [0.5, 0.6) is 5.75 Å². The molecule has 0 saturated heterocycles. The summed E-state index contributed by atoms with van der Waals surface area (Å²) in [6.45, 7) is 0.0929. The van der Waals surface area contributed by atoms with Gasteiger partial charge in [0.25, 0.3) is 0 Å². The minimum atomic E-state index is -0.793. The fraction of sp³-hybridized carbons (Fsp3) is 0.0857. The maximum absolute atomic E-state index is 13.8. The van der Waals surface area contributed by atoms with Crippen LogP contribution in [0.2, 0.25) is 0 Å². The van der Waals surface area contributed by atoms with E-state index >= 15 is 0 Å². The van der Waals surface area contributed by atoms with E-state index in [2.05, 4.69) is 12.1 Å². The standard InChI is InChI=1S/C35H27NO3/c37-31(27-22-20-26(21-23-27)25-12-4-1-5-13-25)24-36(29-16-8-3-9-17-29)33-30-18-10-11-19-32(30)39-35(33)34(38)28-14-6-2-7-15-28/h1-23,33,35H,24H2. The maximum Gasteiger partial charge on any atom is 0.205 e. The van der Waals surface area contributed by atoms with E-state index in [1.165, 1.54) is 0 Å². The lowest BCUT2D eigenvalue weighted by Crippen LogP contribution is -2.42. The van der Waals surface area contributed by atoms with Gasteiger partial charge >= 0.3 is 0 Å². The Balaban J connectivity index is 1.36. The number of hydrogen-bond acceptors (Lipinski definition) is 4. The zero-order valence-corrected chi connectivity index (χ0v) is 21.3. The van der Waals surface area contributed by atoms with Crippen LogP contribution in [0.4, 0.5) is 5.69 Å². The molecule has 39 heavy (non-hydrogen) atoms. The molecule has 0 aliphatic carbocycles. The van der Waals surface area contributed by atoms with Gasteiger partial charge in [-0.15, -0.1) is 0 Å². The van der Waals surface area contributed by atoms with Gasteiger partial charge in [-0.25, -0.2) is 0 Å². The zero-order valence-electron chi connectivity index (χ0n) is 21.3. The number of nitrogens with zero attached hydrogens (tertiary/aromatic N) is 1. The molecule has 6 rings (SSSR count). The normalized spacial score (nSPS) is 15.7. The first-order chi connectivity index (χ1) is 19.2. The Morgan fingerprint density at radius 2 is 1.15 bits per heavy atom. The molecule has 2 atom stereocenters. The van der Waals surface area contributed by atoms with Gasteiger partial charge in [-0.3, -0.25) is 9.59 Å². The third-order valence-corrected chi connectivity index (χ3v) is 7.15. The Hall–Kier alpha value is -4.96. The fourth-order valence-electron chi connectivity index (χ4n) is 5.19. The number of ketones is 2. The highest BCUT2D eigenvalue weighted by Crippen LogP contribution is 2.43. The summed E-state index contributed by atoms with van der Waals surface area (Å²) in [5, 5.41) is 0. The van der Waals surface area contributed by atoms with E-state index in [1.807, 2.05) is 120 Å². The van der Waals surface area contributed by atoms with Crippen LogP contribution in [0.25, 0.3) is 11.1 Å². The van der Waals surface area contributed by atoms with Crippen LogP contribution in [-0.2, 0) is 0 Å². The average molecular weight is 510 g/mol. The van der Waals surface area contributed by atoms with Crippen molar-refractivity contribution >= 4 is 17.3 Å². The molecule has 2 unspecified atom stereocenters. The van der Waals surface area contributed by atoms with Gasteiger partial charge in [0.1, 0.15) is 11.8 Å². The number of ether oxygens (including phenoxy) is 1. The molecule has 1 heterocycles. The molecular formula is C35H27NO3. The number of anilines is 1. The summed E-state index contributed by atoms with van der Waals surface area (Å²) in [7, 11) is 0. The van der Waals surface area contributed by atoms with Crippen LogP contribution in [0, 0.1) is 0 Å². The van der Waals surface area contributed by atoms with Crippen molar-refractivity contribution in [2.75, 3.05) is 11.4 Å². The molecule has 1 aliphatic rings. The van der Waals surface area contributed by atoms with Crippen LogP contribution >= 0.6 is 0 Å². The summed E-state index contributed by atoms with van der Waals surface area (Å²) >= 11 is 0. The van der Waals surface area contributed by atoms with Gasteiger partial charge in [-0.2, -0.15) is 0 Å². The Labute approximate surface area is 228 Å². The topological polar surface area (TPSA) is 46.6 Å². The number of benzene rings is 5. The molecule has 0 bridgehead atoms. The first kappa shape index (κ1) is 24.4. The molecule has 0 N–H and O–H groups in total. The molecule has 4 nitrogen and oxygen atoms in total. The van der Waals surface area contributed by atoms with Gasteiger partial charge in [0.15, 0.2) is 11.9 Å². The van der Waals surface area contributed by atoms with E-state index in [1.54, 1.807) is 12.1 Å². The summed E-state index contributed by atoms with van der Waals surface area (Å²) in [6.07, 6.45) is -0.793. The molecule has 5 aromatic carbocycles. The van der Waals surface area contributed by atoms with E-state index < -0.39 is 12.1 Å². The van der Waals surface area contributed by atoms with Gasteiger partial charge in [0, 0.05) is 22.4 Å². The average Bonchev–Trinajstić information content (AvgIpc) is 3.40. The SMILES string of the molecule is O=C(CN(c1ccccc1)C1c2ccccc2OC1C(=O)c1ccccc1)c1ccc(-c2ccccc2)cc1. The highest BCUT2D eigenvalue weighted by Gasteiger charge is 2.43. The Kier molecular flexibility index (Phi) is 6.75. The van der Waals surface area contributed by atoms with Crippen molar-refractivity contribution in [2.24, 2.45) is 0 Å². The summed E-state index contributed by atoms with van der Waals surface area (Å²) in [5.41, 5.74) is 5.10. The number of carbonyl (C=O) groups excluding carboxylic acids is 2. The second-order valence-corrected chi connectivity index (χ2v) is 9.58. The lowest BCUT2D eigenvalue weighted by molar-refractivity contribution is 0.0784. The third-order valence-electron chi connectivity index (χ3n) is 7.15. The largest absolute Gasteiger partial charge is 0.479 e. The van der Waals surface area contributed by atoms with Crippen molar-refractivity contribution in [3.8, 4) is 16.9 Å². The maximum atomic E-state index is 13.8. The molecule has 0 spiro atoms. The second kappa shape index (κ2) is 10.8. The third kappa shape index (κ3) is 4.97. The predicted octanol–water partition coefficient (Wildman–Crippen LogP) is 7.43. The summed E-state index contributed by atoms with van der Waals surface area (Å²) < 4.78 is 6.29. The molecule has 0 fully saturated rings.